The van der Waals surface area contributed by atoms with Crippen molar-refractivity contribution in [3.8, 4) is 22.9 Å². The van der Waals surface area contributed by atoms with E-state index in [-0.39, 0.29) is 45.8 Å². The molecule has 3 aromatic carbocycles. The molecule has 0 aliphatic carbocycles. The SMILES string of the molecule is CC(=O)NC1CS(=O)(=O)CC(C)(C)CCC[C@](C)(c2cccc(C[C@@H](C)C(=O)O)c2)c2nc(n(C)n2)-c2cc(ccc2F)Oc2c(F)c(F)c3[nH]ccc3c21. The van der Waals surface area contributed by atoms with Gasteiger partial charge >= 0.3 is 5.97 Å². The third-order valence-electron chi connectivity index (χ3n) is 10.4. The number of carboxylic acid groups (broad SMARTS) is 1. The Morgan fingerprint density at radius 1 is 1.09 bits per heavy atom. The molecule has 0 saturated carbocycles. The van der Waals surface area contributed by atoms with Crippen molar-refractivity contribution >= 4 is 32.6 Å². The predicted octanol–water partition coefficient (Wildman–Crippen LogP) is 7.54. The van der Waals surface area contributed by atoms with E-state index in [0.29, 0.717) is 25.1 Å². The summed E-state index contributed by atoms with van der Waals surface area (Å²) in [6.45, 7) is 8.41. The Balaban J connectivity index is 1.56. The van der Waals surface area contributed by atoms with Gasteiger partial charge in [-0.2, -0.15) is 9.49 Å². The number of aromatic amines is 1. The van der Waals surface area contributed by atoms with Gasteiger partial charge in [0.1, 0.15) is 11.6 Å². The highest BCUT2D eigenvalue weighted by molar-refractivity contribution is 7.91. The quantitative estimate of drug-likeness (QED) is 0.165. The maximum atomic E-state index is 16.1. The van der Waals surface area contributed by atoms with Crippen LogP contribution in [0.25, 0.3) is 22.3 Å². The Morgan fingerprint density at radius 2 is 1.84 bits per heavy atom. The first-order chi connectivity index (χ1) is 25.8. The number of halogens is 3. The molecule has 3 heterocycles. The second-order valence-corrected chi connectivity index (χ2v) is 17.7. The van der Waals surface area contributed by atoms with Gasteiger partial charge in [-0.25, -0.2) is 26.9 Å². The van der Waals surface area contributed by atoms with Gasteiger partial charge in [0.05, 0.1) is 40.0 Å². The second kappa shape index (κ2) is 14.8. The van der Waals surface area contributed by atoms with Crippen molar-refractivity contribution in [2.75, 3.05) is 11.5 Å². The van der Waals surface area contributed by atoms with Crippen LogP contribution in [0.5, 0.6) is 11.5 Å². The first kappa shape index (κ1) is 39.5. The van der Waals surface area contributed by atoms with Crippen molar-refractivity contribution in [1.29, 1.82) is 0 Å². The van der Waals surface area contributed by atoms with Gasteiger partial charge in [-0.15, -0.1) is 0 Å². The lowest BCUT2D eigenvalue weighted by Gasteiger charge is -2.31. The number of nitrogens with zero attached hydrogens (tertiary/aromatic N) is 3. The third-order valence-corrected chi connectivity index (χ3v) is 12.4. The molecule has 15 heteroatoms. The van der Waals surface area contributed by atoms with Crippen LogP contribution < -0.4 is 10.1 Å². The molecule has 4 bridgehead atoms. The number of H-pyrrole nitrogens is 1. The Kier molecular flexibility index (Phi) is 10.6. The third kappa shape index (κ3) is 8.12. The van der Waals surface area contributed by atoms with Crippen LogP contribution in [-0.2, 0) is 38.3 Å². The fraction of sp³-hybridized carbons (Fsp3) is 0.400. The summed E-state index contributed by atoms with van der Waals surface area (Å²) in [6.07, 6.45) is 3.03. The molecule has 6 rings (SSSR count). The van der Waals surface area contributed by atoms with Crippen molar-refractivity contribution in [2.45, 2.75) is 71.8 Å². The summed E-state index contributed by atoms with van der Waals surface area (Å²) in [4.78, 5) is 31.7. The van der Waals surface area contributed by atoms with Crippen molar-refractivity contribution in [3.63, 3.8) is 0 Å². The maximum absolute atomic E-state index is 16.1. The van der Waals surface area contributed by atoms with Gasteiger partial charge in [0, 0.05) is 31.1 Å². The molecule has 3 N–H and O–H groups in total. The maximum Gasteiger partial charge on any atom is 0.306 e. The number of carbonyl (C=O) groups is 2. The zero-order valence-electron chi connectivity index (χ0n) is 31.5. The molecule has 292 valence electrons. The number of fused-ring (bicyclic) bond motifs is 8. The number of carboxylic acids is 1. The minimum Gasteiger partial charge on any atom is -0.481 e. The van der Waals surface area contributed by atoms with E-state index in [4.69, 9.17) is 14.8 Å². The molecule has 0 spiro atoms. The highest BCUT2D eigenvalue weighted by Crippen LogP contribution is 2.43. The number of hydrogen-bond donors (Lipinski definition) is 3. The van der Waals surface area contributed by atoms with E-state index in [9.17, 15) is 23.1 Å². The van der Waals surface area contributed by atoms with Gasteiger partial charge in [0.2, 0.25) is 11.7 Å². The fourth-order valence-electron chi connectivity index (χ4n) is 7.59. The average Bonchev–Trinajstić information content (AvgIpc) is 3.74. The fourth-order valence-corrected chi connectivity index (χ4v) is 9.80. The lowest BCUT2D eigenvalue weighted by Crippen LogP contribution is -2.35. The molecular formula is C40H44F3N5O6S. The molecular weight excluding hydrogens is 736 g/mol. The smallest absolute Gasteiger partial charge is 0.306 e. The Morgan fingerprint density at radius 3 is 2.55 bits per heavy atom. The molecule has 0 fully saturated rings. The minimum atomic E-state index is -4.01. The zero-order valence-corrected chi connectivity index (χ0v) is 32.3. The summed E-state index contributed by atoms with van der Waals surface area (Å²) in [7, 11) is -2.41. The number of aromatic nitrogens is 4. The number of aliphatic carboxylic acids is 1. The molecule has 0 radical (unpaired) electrons. The summed E-state index contributed by atoms with van der Waals surface area (Å²) in [5.41, 5.74) is -0.506. The molecule has 11 nitrogen and oxygen atoms in total. The van der Waals surface area contributed by atoms with Gasteiger partial charge in [0.25, 0.3) is 0 Å². The highest BCUT2D eigenvalue weighted by Gasteiger charge is 2.38. The number of sulfone groups is 1. The van der Waals surface area contributed by atoms with Crippen LogP contribution in [0, 0.1) is 28.8 Å². The first-order valence-electron chi connectivity index (χ1n) is 18.0. The molecule has 55 heavy (non-hydrogen) atoms. The Labute approximate surface area is 317 Å². The first-order valence-corrected chi connectivity index (χ1v) is 19.8. The Bertz CT molecular complexity index is 2410. The van der Waals surface area contributed by atoms with Crippen molar-refractivity contribution in [2.24, 2.45) is 18.4 Å². The van der Waals surface area contributed by atoms with E-state index < -0.39 is 73.5 Å². The number of rotatable bonds is 5. The van der Waals surface area contributed by atoms with Crippen LogP contribution in [0.2, 0.25) is 0 Å². The van der Waals surface area contributed by atoms with Crippen LogP contribution in [0.4, 0.5) is 13.2 Å². The lowest BCUT2D eigenvalue weighted by molar-refractivity contribution is -0.141. The predicted molar refractivity (Wildman–Crippen MR) is 201 cm³/mol. The van der Waals surface area contributed by atoms with Crippen molar-refractivity contribution in [3.05, 3.63) is 94.7 Å². The van der Waals surface area contributed by atoms with E-state index in [1.165, 1.54) is 36.0 Å². The van der Waals surface area contributed by atoms with Crippen LogP contribution >= 0.6 is 0 Å². The molecule has 5 aromatic rings. The monoisotopic (exact) mass is 779 g/mol. The van der Waals surface area contributed by atoms with E-state index in [1.54, 1.807) is 14.0 Å². The van der Waals surface area contributed by atoms with E-state index >= 15 is 13.2 Å². The van der Waals surface area contributed by atoms with E-state index in [2.05, 4.69) is 10.3 Å². The molecule has 1 aliphatic rings. The summed E-state index contributed by atoms with van der Waals surface area (Å²) in [5.74, 6) is -6.85. The zero-order chi connectivity index (χ0) is 40.0. The molecule has 1 amide bonds. The molecule has 3 atom stereocenters. The average molecular weight is 780 g/mol. The number of ether oxygens (including phenoxy) is 1. The normalized spacial score (nSPS) is 20.4. The minimum absolute atomic E-state index is 0.0569. The van der Waals surface area contributed by atoms with Crippen LogP contribution in [0.15, 0.2) is 54.7 Å². The number of nitrogens with one attached hydrogen (secondary N) is 2. The van der Waals surface area contributed by atoms with Gasteiger partial charge in [0.15, 0.2) is 33.1 Å². The van der Waals surface area contributed by atoms with Gasteiger partial charge < -0.3 is 20.1 Å². The van der Waals surface area contributed by atoms with Crippen molar-refractivity contribution < 1.29 is 41.0 Å². The number of benzene rings is 3. The molecule has 2 aromatic heterocycles. The number of aryl methyl sites for hydroxylation is 1. The lowest BCUT2D eigenvalue weighted by atomic mass is 9.75. The van der Waals surface area contributed by atoms with E-state index in [0.717, 1.165) is 17.2 Å². The largest absolute Gasteiger partial charge is 0.481 e. The van der Waals surface area contributed by atoms with Crippen LogP contribution in [0.3, 0.4) is 0 Å². The number of carbonyl (C=O) groups excluding carboxylic acids is 1. The summed E-state index contributed by atoms with van der Waals surface area (Å²) >= 11 is 0. The van der Waals surface area contributed by atoms with Gasteiger partial charge in [-0.1, -0.05) is 51.5 Å². The van der Waals surface area contributed by atoms with Crippen molar-refractivity contribution in [1.82, 2.24) is 25.1 Å². The van der Waals surface area contributed by atoms with Gasteiger partial charge in [-0.3, -0.25) is 9.59 Å². The molecule has 1 aliphatic heterocycles. The highest BCUT2D eigenvalue weighted by atomic mass is 32.2. The van der Waals surface area contributed by atoms with Crippen LogP contribution in [-0.4, -0.2) is 56.7 Å². The molecule has 0 saturated heterocycles. The van der Waals surface area contributed by atoms with Crippen LogP contribution in [0.1, 0.15) is 82.4 Å². The number of hydrogen-bond acceptors (Lipinski definition) is 7. The summed E-state index contributed by atoms with van der Waals surface area (Å²) in [6, 6.07) is 11.2. The Hall–Kier alpha value is -5.18. The van der Waals surface area contributed by atoms with E-state index in [1.807, 2.05) is 45.0 Å². The number of amides is 1. The van der Waals surface area contributed by atoms with Gasteiger partial charge in [-0.05, 0) is 67.0 Å². The topological polar surface area (TPSA) is 156 Å². The second-order valence-electron chi connectivity index (χ2n) is 15.6. The molecule has 1 unspecified atom stereocenters. The summed E-state index contributed by atoms with van der Waals surface area (Å²) < 4.78 is 83.0. The summed E-state index contributed by atoms with van der Waals surface area (Å²) in [5, 5.41) is 17.0. The standard InChI is InChI=1S/C40H44F3N5O6S/c1-22(37(50)51)17-24-9-7-10-25(18-24)40(5)15-8-14-39(3,4)21-55(52,53)20-30(45-23(2)49)31-27-13-16-44-34(27)32(42)33(43)35(31)54-26-11-12-29(41)28(19-26)36-46-38(40)47-48(36)6/h7,9-13,16,18-19,22,30,44H,8,14-15,17,20-21H2,1-6H3,(H,45,49)(H,50,51)/t22-,30?,40-/m1/s1.